The van der Waals surface area contributed by atoms with Crippen LogP contribution in [-0.4, -0.2) is 44.6 Å². The van der Waals surface area contributed by atoms with Gasteiger partial charge in [0.2, 0.25) is 5.91 Å². The summed E-state index contributed by atoms with van der Waals surface area (Å²) in [5.41, 5.74) is 1.10. The van der Waals surface area contributed by atoms with Gasteiger partial charge in [0.05, 0.1) is 27.9 Å². The Bertz CT molecular complexity index is 1130. The standard InChI is InChI=1S/C28H34N2O5S/c1-19(2)14-15-29-27(31)26(20-8-11-22(33-3)12-9-20)30(18-23-7-6-16-36-23)28(32)21-10-13-24(34-4)25(17-21)35-5/h6-13,16-17,19,26H,14-15,18H2,1-5H3,(H,29,31). The van der Waals surface area contributed by atoms with Crippen molar-refractivity contribution in [3.05, 3.63) is 76.0 Å². The van der Waals surface area contributed by atoms with Crippen LogP contribution in [0.4, 0.5) is 0 Å². The number of nitrogens with zero attached hydrogens (tertiary/aromatic N) is 1. The summed E-state index contributed by atoms with van der Waals surface area (Å²) in [5.74, 6) is 1.57. The summed E-state index contributed by atoms with van der Waals surface area (Å²) in [6.07, 6.45) is 0.843. The van der Waals surface area contributed by atoms with Gasteiger partial charge in [-0.1, -0.05) is 32.0 Å². The van der Waals surface area contributed by atoms with E-state index in [9.17, 15) is 9.59 Å². The van der Waals surface area contributed by atoms with Gasteiger partial charge in [-0.3, -0.25) is 9.59 Å². The molecule has 0 saturated carbocycles. The van der Waals surface area contributed by atoms with Crippen molar-refractivity contribution in [2.75, 3.05) is 27.9 Å². The molecule has 0 radical (unpaired) electrons. The minimum Gasteiger partial charge on any atom is -0.497 e. The molecule has 0 fully saturated rings. The minimum atomic E-state index is -0.842. The van der Waals surface area contributed by atoms with Crippen molar-refractivity contribution in [2.24, 2.45) is 5.92 Å². The van der Waals surface area contributed by atoms with Gasteiger partial charge in [0.1, 0.15) is 11.8 Å². The molecular formula is C28H34N2O5S. The highest BCUT2D eigenvalue weighted by Gasteiger charge is 2.33. The highest BCUT2D eigenvalue weighted by Crippen LogP contribution is 2.32. The van der Waals surface area contributed by atoms with E-state index in [0.29, 0.717) is 40.8 Å². The van der Waals surface area contributed by atoms with Crippen LogP contribution in [0.15, 0.2) is 60.0 Å². The molecule has 36 heavy (non-hydrogen) atoms. The highest BCUT2D eigenvalue weighted by molar-refractivity contribution is 7.09. The number of benzene rings is 2. The molecule has 8 heteroatoms. The topological polar surface area (TPSA) is 77.1 Å². The average Bonchev–Trinajstić information content (AvgIpc) is 3.41. The molecule has 1 heterocycles. The summed E-state index contributed by atoms with van der Waals surface area (Å²) in [7, 11) is 4.66. The molecule has 2 aromatic carbocycles. The van der Waals surface area contributed by atoms with Gasteiger partial charge in [-0.2, -0.15) is 0 Å². The third-order valence-corrected chi connectivity index (χ3v) is 6.67. The molecule has 0 aliphatic heterocycles. The van der Waals surface area contributed by atoms with E-state index in [1.807, 2.05) is 29.6 Å². The molecule has 1 aromatic heterocycles. The summed E-state index contributed by atoms with van der Waals surface area (Å²) >= 11 is 1.54. The largest absolute Gasteiger partial charge is 0.497 e. The summed E-state index contributed by atoms with van der Waals surface area (Å²) in [6, 6.07) is 15.3. The number of amides is 2. The van der Waals surface area contributed by atoms with Gasteiger partial charge < -0.3 is 24.4 Å². The zero-order chi connectivity index (χ0) is 26.1. The second-order valence-electron chi connectivity index (χ2n) is 8.73. The number of thiophene rings is 1. The normalized spacial score (nSPS) is 11.6. The van der Waals surface area contributed by atoms with E-state index < -0.39 is 6.04 Å². The van der Waals surface area contributed by atoms with E-state index in [-0.39, 0.29) is 18.4 Å². The fourth-order valence-corrected chi connectivity index (χ4v) is 4.53. The van der Waals surface area contributed by atoms with Crippen LogP contribution in [0, 0.1) is 5.92 Å². The van der Waals surface area contributed by atoms with Crippen LogP contribution in [-0.2, 0) is 11.3 Å². The number of methoxy groups -OCH3 is 3. The van der Waals surface area contributed by atoms with Crippen LogP contribution in [0.25, 0.3) is 0 Å². The predicted molar refractivity (Wildman–Crippen MR) is 142 cm³/mol. The maximum absolute atomic E-state index is 14.0. The first-order valence-corrected chi connectivity index (χ1v) is 12.7. The SMILES string of the molecule is COc1ccc(C(C(=O)NCCC(C)C)N(Cc2cccs2)C(=O)c2ccc(OC)c(OC)c2)cc1. The Morgan fingerprint density at radius 3 is 2.25 bits per heavy atom. The zero-order valence-electron chi connectivity index (χ0n) is 21.4. The fraction of sp³-hybridized carbons (Fsp3) is 0.357. The van der Waals surface area contributed by atoms with Crippen molar-refractivity contribution < 1.29 is 23.8 Å². The smallest absolute Gasteiger partial charge is 0.255 e. The monoisotopic (exact) mass is 510 g/mol. The van der Waals surface area contributed by atoms with Crippen LogP contribution < -0.4 is 19.5 Å². The molecule has 0 bridgehead atoms. The van der Waals surface area contributed by atoms with Crippen molar-refractivity contribution in [2.45, 2.75) is 32.9 Å². The van der Waals surface area contributed by atoms with E-state index in [1.165, 1.54) is 18.4 Å². The molecule has 0 spiro atoms. The first kappa shape index (κ1) is 27.1. The van der Waals surface area contributed by atoms with Crippen LogP contribution in [0.2, 0.25) is 0 Å². The minimum absolute atomic E-state index is 0.230. The quantitative estimate of drug-likeness (QED) is 0.357. The van der Waals surface area contributed by atoms with Gasteiger partial charge in [-0.05, 0) is 59.7 Å². The first-order valence-electron chi connectivity index (χ1n) is 11.8. The average molecular weight is 511 g/mol. The molecule has 192 valence electrons. The lowest BCUT2D eigenvalue weighted by Crippen LogP contribution is -2.43. The van der Waals surface area contributed by atoms with Crippen molar-refractivity contribution >= 4 is 23.2 Å². The molecule has 3 aromatic rings. The molecular weight excluding hydrogens is 476 g/mol. The molecule has 0 aliphatic carbocycles. The number of ether oxygens (including phenoxy) is 3. The van der Waals surface area contributed by atoms with E-state index in [1.54, 1.807) is 49.5 Å². The fourth-order valence-electron chi connectivity index (χ4n) is 3.83. The van der Waals surface area contributed by atoms with Crippen molar-refractivity contribution in [3.63, 3.8) is 0 Å². The van der Waals surface area contributed by atoms with Gasteiger partial charge in [-0.25, -0.2) is 0 Å². The van der Waals surface area contributed by atoms with E-state index in [4.69, 9.17) is 14.2 Å². The lowest BCUT2D eigenvalue weighted by Gasteiger charge is -2.31. The third-order valence-electron chi connectivity index (χ3n) is 5.81. The maximum atomic E-state index is 14.0. The number of carbonyl (C=O) groups is 2. The zero-order valence-corrected chi connectivity index (χ0v) is 22.3. The number of carbonyl (C=O) groups excluding carboxylic acids is 2. The van der Waals surface area contributed by atoms with Gasteiger partial charge in [0.25, 0.3) is 5.91 Å². The number of hydrogen-bond acceptors (Lipinski definition) is 6. The summed E-state index contributed by atoms with van der Waals surface area (Å²) in [6.45, 7) is 5.02. The molecule has 7 nitrogen and oxygen atoms in total. The van der Waals surface area contributed by atoms with E-state index in [0.717, 1.165) is 11.3 Å². The number of nitrogens with one attached hydrogen (secondary N) is 1. The number of rotatable bonds is 12. The van der Waals surface area contributed by atoms with Crippen LogP contribution in [0.3, 0.4) is 0 Å². The summed E-state index contributed by atoms with van der Waals surface area (Å²) in [4.78, 5) is 30.2. The summed E-state index contributed by atoms with van der Waals surface area (Å²) < 4.78 is 16.1. The van der Waals surface area contributed by atoms with Crippen molar-refractivity contribution in [3.8, 4) is 17.2 Å². The second-order valence-corrected chi connectivity index (χ2v) is 9.76. The van der Waals surface area contributed by atoms with Gasteiger partial charge in [-0.15, -0.1) is 11.3 Å². The van der Waals surface area contributed by atoms with E-state index in [2.05, 4.69) is 19.2 Å². The lowest BCUT2D eigenvalue weighted by atomic mass is 10.0. The molecule has 0 aliphatic rings. The Balaban J connectivity index is 2.05. The summed E-state index contributed by atoms with van der Waals surface area (Å²) in [5, 5.41) is 5.00. The van der Waals surface area contributed by atoms with Gasteiger partial charge in [0.15, 0.2) is 11.5 Å². The molecule has 2 amide bonds. The Kier molecular flexibility index (Phi) is 9.76. The molecule has 1 unspecified atom stereocenters. The Labute approximate surface area is 217 Å². The third kappa shape index (κ3) is 6.79. The van der Waals surface area contributed by atoms with Crippen molar-refractivity contribution in [1.29, 1.82) is 0 Å². The molecule has 0 saturated heterocycles. The maximum Gasteiger partial charge on any atom is 0.255 e. The Morgan fingerprint density at radius 2 is 1.67 bits per heavy atom. The Morgan fingerprint density at radius 1 is 0.944 bits per heavy atom. The van der Waals surface area contributed by atoms with Crippen molar-refractivity contribution in [1.82, 2.24) is 10.2 Å². The molecule has 1 N–H and O–H groups in total. The van der Waals surface area contributed by atoms with Crippen LogP contribution >= 0.6 is 11.3 Å². The first-order chi connectivity index (χ1) is 17.4. The molecule has 1 atom stereocenters. The Hall–Kier alpha value is -3.52. The van der Waals surface area contributed by atoms with Gasteiger partial charge in [0, 0.05) is 17.0 Å². The predicted octanol–water partition coefficient (Wildman–Crippen LogP) is 5.32. The van der Waals surface area contributed by atoms with Crippen LogP contribution in [0.1, 0.15) is 47.1 Å². The lowest BCUT2D eigenvalue weighted by molar-refractivity contribution is -0.126. The highest BCUT2D eigenvalue weighted by atomic mass is 32.1. The number of hydrogen-bond donors (Lipinski definition) is 1. The van der Waals surface area contributed by atoms with E-state index >= 15 is 0 Å². The van der Waals surface area contributed by atoms with Gasteiger partial charge >= 0.3 is 0 Å². The van der Waals surface area contributed by atoms with Crippen LogP contribution in [0.5, 0.6) is 17.2 Å². The molecule has 3 rings (SSSR count). The second kappa shape index (κ2) is 13.0.